The molecule has 1 aromatic carbocycles. The zero-order valence-corrected chi connectivity index (χ0v) is 12.8. The second-order valence-corrected chi connectivity index (χ2v) is 6.55. The monoisotopic (exact) mass is 298 g/mol. The van der Waals surface area contributed by atoms with Crippen LogP contribution in [0.4, 0.5) is 5.69 Å². The number of para-hydroxylation sites is 1. The smallest absolute Gasteiger partial charge is 0.228 e. The summed E-state index contributed by atoms with van der Waals surface area (Å²) in [6.07, 6.45) is 4.63. The zero-order valence-electron chi connectivity index (χ0n) is 12.8. The first-order chi connectivity index (χ1) is 10.5. The molecule has 0 aromatic heterocycles. The minimum absolute atomic E-state index is 0.0131. The van der Waals surface area contributed by atoms with Crippen LogP contribution in [0, 0.1) is 23.7 Å². The fraction of sp³-hybridized carbons (Fsp3) is 0.444. The van der Waals surface area contributed by atoms with Crippen LogP contribution in [-0.2, 0) is 9.59 Å². The number of nitrogens with one attached hydrogen (secondary N) is 1. The fourth-order valence-corrected chi connectivity index (χ4v) is 3.83. The largest absolute Gasteiger partial charge is 0.550 e. The molecular formula is C18H20NO3-. The minimum Gasteiger partial charge on any atom is -0.550 e. The SMILES string of the molecule is CC(C)c1ccccc1NC(=O)[C@@H]1[C@@H](C(=O)[O-])[C@@H]2C=C[C@H]1C2. The average Bonchev–Trinajstić information content (AvgIpc) is 3.08. The Hall–Kier alpha value is -2.10. The van der Waals surface area contributed by atoms with E-state index >= 15 is 0 Å². The summed E-state index contributed by atoms with van der Waals surface area (Å²) in [4.78, 5) is 24.1. The Bertz CT molecular complexity index is 635. The van der Waals surface area contributed by atoms with Crippen molar-refractivity contribution in [3.63, 3.8) is 0 Å². The molecule has 1 N–H and O–H groups in total. The average molecular weight is 298 g/mol. The summed E-state index contributed by atoms with van der Waals surface area (Å²) in [6, 6.07) is 7.66. The molecule has 2 bridgehead atoms. The first kappa shape index (κ1) is 14.8. The van der Waals surface area contributed by atoms with E-state index in [-0.39, 0.29) is 23.7 Å². The predicted octanol–water partition coefficient (Wildman–Crippen LogP) is 1.94. The van der Waals surface area contributed by atoms with Crippen LogP contribution in [0.5, 0.6) is 0 Å². The Morgan fingerprint density at radius 1 is 1.14 bits per heavy atom. The van der Waals surface area contributed by atoms with E-state index in [0.29, 0.717) is 0 Å². The third-order valence-corrected chi connectivity index (χ3v) is 4.87. The van der Waals surface area contributed by atoms with Gasteiger partial charge in [-0.3, -0.25) is 4.79 Å². The van der Waals surface area contributed by atoms with Crippen molar-refractivity contribution in [3.8, 4) is 0 Å². The van der Waals surface area contributed by atoms with Gasteiger partial charge in [-0.25, -0.2) is 0 Å². The fourth-order valence-electron chi connectivity index (χ4n) is 3.83. The summed E-state index contributed by atoms with van der Waals surface area (Å²) in [6.45, 7) is 4.13. The molecule has 4 atom stereocenters. The van der Waals surface area contributed by atoms with Crippen molar-refractivity contribution in [2.45, 2.75) is 26.2 Å². The first-order valence-corrected chi connectivity index (χ1v) is 7.78. The Balaban J connectivity index is 1.83. The standard InChI is InChI=1S/C18H21NO3/c1-10(2)13-5-3-4-6-14(13)19-17(20)15-11-7-8-12(9-11)16(15)18(21)22/h3-8,10-12,15-16H,9H2,1-2H3,(H,19,20)(H,21,22)/p-1/t11-,12+,15-,16-/m0/s1. The van der Waals surface area contributed by atoms with Gasteiger partial charge in [0.05, 0.1) is 5.92 Å². The molecule has 0 saturated heterocycles. The van der Waals surface area contributed by atoms with Crippen molar-refractivity contribution in [1.29, 1.82) is 0 Å². The number of carboxylic acids is 1. The van der Waals surface area contributed by atoms with Crippen molar-refractivity contribution in [3.05, 3.63) is 42.0 Å². The molecule has 0 spiro atoms. The lowest BCUT2D eigenvalue weighted by Gasteiger charge is -2.28. The number of carbonyl (C=O) groups is 2. The topological polar surface area (TPSA) is 69.2 Å². The van der Waals surface area contributed by atoms with Crippen molar-refractivity contribution in [2.75, 3.05) is 5.32 Å². The highest BCUT2D eigenvalue weighted by molar-refractivity contribution is 5.96. The van der Waals surface area contributed by atoms with Gasteiger partial charge >= 0.3 is 0 Å². The van der Waals surface area contributed by atoms with Gasteiger partial charge in [0.1, 0.15) is 0 Å². The van der Waals surface area contributed by atoms with Crippen LogP contribution in [0.15, 0.2) is 36.4 Å². The van der Waals surface area contributed by atoms with Gasteiger partial charge in [0.25, 0.3) is 0 Å². The predicted molar refractivity (Wildman–Crippen MR) is 81.9 cm³/mol. The van der Waals surface area contributed by atoms with Gasteiger partial charge in [-0.05, 0) is 35.8 Å². The van der Waals surface area contributed by atoms with Crippen LogP contribution in [0.25, 0.3) is 0 Å². The molecule has 0 heterocycles. The Kier molecular flexibility index (Phi) is 3.77. The lowest BCUT2D eigenvalue weighted by atomic mass is 9.82. The van der Waals surface area contributed by atoms with Gasteiger partial charge in [-0.15, -0.1) is 0 Å². The zero-order chi connectivity index (χ0) is 15.9. The number of carbonyl (C=O) groups excluding carboxylic acids is 2. The molecule has 4 nitrogen and oxygen atoms in total. The number of aliphatic carboxylic acids is 1. The second kappa shape index (κ2) is 5.59. The molecule has 116 valence electrons. The van der Waals surface area contributed by atoms with Crippen LogP contribution in [0.3, 0.4) is 0 Å². The first-order valence-electron chi connectivity index (χ1n) is 7.78. The number of carboxylic acid groups (broad SMARTS) is 1. The normalized spacial score (nSPS) is 29.0. The van der Waals surface area contributed by atoms with Gasteiger partial charge in [0.15, 0.2) is 0 Å². The van der Waals surface area contributed by atoms with Crippen molar-refractivity contribution in [2.24, 2.45) is 23.7 Å². The summed E-state index contributed by atoms with van der Waals surface area (Å²) in [5.41, 5.74) is 1.82. The van der Waals surface area contributed by atoms with Gasteiger partial charge in [0, 0.05) is 17.6 Å². The summed E-state index contributed by atoms with van der Waals surface area (Å²) < 4.78 is 0. The highest BCUT2D eigenvalue weighted by Crippen LogP contribution is 2.48. The third-order valence-electron chi connectivity index (χ3n) is 4.87. The summed E-state index contributed by atoms with van der Waals surface area (Å²) >= 11 is 0. The Morgan fingerprint density at radius 3 is 2.41 bits per heavy atom. The summed E-state index contributed by atoms with van der Waals surface area (Å²) in [5.74, 6) is -2.33. The molecule has 22 heavy (non-hydrogen) atoms. The molecule has 0 radical (unpaired) electrons. The van der Waals surface area contributed by atoms with E-state index in [0.717, 1.165) is 17.7 Å². The van der Waals surface area contributed by atoms with Crippen molar-refractivity contribution >= 4 is 17.6 Å². The second-order valence-electron chi connectivity index (χ2n) is 6.55. The van der Waals surface area contributed by atoms with Crippen LogP contribution < -0.4 is 10.4 Å². The molecule has 1 amide bonds. The quantitative estimate of drug-likeness (QED) is 0.864. The Morgan fingerprint density at radius 2 is 1.77 bits per heavy atom. The maximum Gasteiger partial charge on any atom is 0.228 e. The number of benzene rings is 1. The molecule has 2 aliphatic rings. The number of hydrogen-bond acceptors (Lipinski definition) is 3. The van der Waals surface area contributed by atoms with E-state index in [1.165, 1.54) is 0 Å². The number of allylic oxidation sites excluding steroid dienone is 2. The van der Waals surface area contributed by atoms with Crippen molar-refractivity contribution < 1.29 is 14.7 Å². The number of amides is 1. The molecule has 1 fully saturated rings. The molecule has 4 heteroatoms. The van der Waals surface area contributed by atoms with Crippen molar-refractivity contribution in [1.82, 2.24) is 0 Å². The molecular weight excluding hydrogens is 278 g/mol. The van der Waals surface area contributed by atoms with E-state index in [2.05, 4.69) is 19.2 Å². The third kappa shape index (κ3) is 2.43. The number of fused-ring (bicyclic) bond motifs is 2. The Labute approximate surface area is 130 Å². The minimum atomic E-state index is -1.12. The highest BCUT2D eigenvalue weighted by atomic mass is 16.4. The van der Waals surface area contributed by atoms with Gasteiger partial charge in [-0.1, -0.05) is 44.2 Å². The highest BCUT2D eigenvalue weighted by Gasteiger charge is 2.48. The summed E-state index contributed by atoms with van der Waals surface area (Å²) in [5, 5.41) is 14.3. The molecule has 3 rings (SSSR count). The molecule has 1 saturated carbocycles. The van der Waals surface area contributed by atoms with E-state index in [9.17, 15) is 14.7 Å². The van der Waals surface area contributed by atoms with Gasteiger partial charge < -0.3 is 15.2 Å². The number of hydrogen-bond donors (Lipinski definition) is 1. The summed E-state index contributed by atoms with van der Waals surface area (Å²) in [7, 11) is 0. The van der Waals surface area contributed by atoms with E-state index < -0.39 is 17.8 Å². The van der Waals surface area contributed by atoms with E-state index in [1.54, 1.807) is 0 Å². The molecule has 0 unspecified atom stereocenters. The van der Waals surface area contributed by atoms with Crippen LogP contribution >= 0.6 is 0 Å². The number of rotatable bonds is 4. The maximum atomic E-state index is 12.7. The lowest BCUT2D eigenvalue weighted by molar-refractivity contribution is -0.313. The van der Waals surface area contributed by atoms with Gasteiger partial charge in [-0.2, -0.15) is 0 Å². The van der Waals surface area contributed by atoms with E-state index in [1.807, 2.05) is 36.4 Å². The number of anilines is 1. The molecule has 1 aromatic rings. The molecule has 2 aliphatic carbocycles. The van der Waals surface area contributed by atoms with Gasteiger partial charge in [0.2, 0.25) is 5.91 Å². The molecule has 0 aliphatic heterocycles. The maximum absolute atomic E-state index is 12.7. The lowest BCUT2D eigenvalue weighted by Crippen LogP contribution is -2.43. The van der Waals surface area contributed by atoms with Crippen LogP contribution in [0.2, 0.25) is 0 Å². The van der Waals surface area contributed by atoms with Crippen LogP contribution in [0.1, 0.15) is 31.7 Å². The van der Waals surface area contributed by atoms with Crippen LogP contribution in [-0.4, -0.2) is 11.9 Å². The van der Waals surface area contributed by atoms with E-state index in [4.69, 9.17) is 0 Å².